The summed E-state index contributed by atoms with van der Waals surface area (Å²) in [5.41, 5.74) is 1.14. The smallest absolute Gasteiger partial charge is 0.306 e. The number of hydrogen-bond donors (Lipinski definition) is 1. The summed E-state index contributed by atoms with van der Waals surface area (Å²) in [5, 5.41) is 0. The predicted molar refractivity (Wildman–Crippen MR) is 158 cm³/mol. The van der Waals surface area contributed by atoms with Gasteiger partial charge >= 0.3 is 5.97 Å². The number of carbonyl (C=O) groups excluding carboxylic acids is 2. The Labute approximate surface area is 250 Å². The first kappa shape index (κ1) is 34.1. The molecule has 2 fully saturated rings. The number of ether oxygens (including phenoxy) is 4. The summed E-state index contributed by atoms with van der Waals surface area (Å²) in [5.74, 6) is 0.572. The topological polar surface area (TPSA) is 132 Å². The van der Waals surface area contributed by atoms with Crippen molar-refractivity contribution in [3.63, 3.8) is 0 Å². The van der Waals surface area contributed by atoms with Gasteiger partial charge in [0.05, 0.1) is 32.7 Å². The summed E-state index contributed by atoms with van der Waals surface area (Å²) in [6.45, 7) is 2.21. The van der Waals surface area contributed by atoms with Gasteiger partial charge in [-0.1, -0.05) is 25.3 Å². The van der Waals surface area contributed by atoms with Crippen LogP contribution in [0.15, 0.2) is 18.2 Å². The Kier molecular flexibility index (Phi) is 13.8. The van der Waals surface area contributed by atoms with Crippen molar-refractivity contribution in [1.29, 1.82) is 0 Å². The summed E-state index contributed by atoms with van der Waals surface area (Å²) in [6.07, 6.45) is 8.68. The van der Waals surface area contributed by atoms with Gasteiger partial charge in [-0.3, -0.25) is 19.0 Å². The van der Waals surface area contributed by atoms with Crippen LogP contribution in [0.3, 0.4) is 0 Å². The second-order valence-electron chi connectivity index (χ2n) is 11.3. The van der Waals surface area contributed by atoms with Crippen molar-refractivity contribution in [3.05, 3.63) is 23.8 Å². The van der Waals surface area contributed by atoms with Crippen molar-refractivity contribution in [1.82, 2.24) is 9.80 Å². The fourth-order valence-corrected chi connectivity index (χ4v) is 6.24. The molecule has 1 aromatic carbocycles. The Morgan fingerprint density at radius 2 is 1.76 bits per heavy atom. The molecule has 11 nitrogen and oxygen atoms in total. The first-order valence-electron chi connectivity index (χ1n) is 15.0. The highest BCUT2D eigenvalue weighted by atomic mass is 32.2. The van der Waals surface area contributed by atoms with Gasteiger partial charge in [-0.15, -0.1) is 0 Å². The third kappa shape index (κ3) is 11.3. The van der Waals surface area contributed by atoms with Crippen molar-refractivity contribution in [2.75, 3.05) is 53.3 Å². The van der Waals surface area contributed by atoms with Crippen LogP contribution in [-0.4, -0.2) is 106 Å². The van der Waals surface area contributed by atoms with Crippen molar-refractivity contribution in [2.45, 2.75) is 88.9 Å². The van der Waals surface area contributed by atoms with Crippen LogP contribution in [0.2, 0.25) is 0 Å². The first-order chi connectivity index (χ1) is 20.1. The van der Waals surface area contributed by atoms with Gasteiger partial charge in [-0.2, -0.15) is 8.42 Å². The minimum atomic E-state index is -4.09. The van der Waals surface area contributed by atoms with Crippen molar-refractivity contribution >= 4 is 22.0 Å². The lowest BCUT2D eigenvalue weighted by Crippen LogP contribution is -2.46. The van der Waals surface area contributed by atoms with E-state index >= 15 is 0 Å². The van der Waals surface area contributed by atoms with Gasteiger partial charge in [0, 0.05) is 45.6 Å². The molecule has 1 saturated heterocycles. The van der Waals surface area contributed by atoms with Crippen LogP contribution in [0.5, 0.6) is 11.5 Å². The molecule has 2 aliphatic rings. The molecule has 1 saturated carbocycles. The number of nitrogens with zero attached hydrogens (tertiary/aromatic N) is 2. The molecular weight excluding hydrogens is 564 g/mol. The molecule has 1 amide bonds. The van der Waals surface area contributed by atoms with Gasteiger partial charge in [-0.05, 0) is 56.2 Å². The molecule has 3 rings (SSSR count). The average Bonchev–Trinajstić information content (AvgIpc) is 3.43. The summed E-state index contributed by atoms with van der Waals surface area (Å²) in [6, 6.07) is 6.29. The molecule has 1 aromatic rings. The Morgan fingerprint density at radius 3 is 2.50 bits per heavy atom. The van der Waals surface area contributed by atoms with E-state index in [0.717, 1.165) is 56.5 Å². The molecule has 238 valence electrons. The third-order valence-electron chi connectivity index (χ3n) is 8.16. The molecule has 0 bridgehead atoms. The predicted octanol–water partition coefficient (Wildman–Crippen LogP) is 3.49. The average molecular weight is 613 g/mol. The van der Waals surface area contributed by atoms with E-state index in [0.29, 0.717) is 44.1 Å². The Balaban J connectivity index is 1.33. The Hall–Kier alpha value is -2.41. The second kappa shape index (κ2) is 17.0. The number of carbonyl (C=O) groups is 2. The van der Waals surface area contributed by atoms with Crippen LogP contribution in [0.25, 0.3) is 0 Å². The lowest BCUT2D eigenvalue weighted by Gasteiger charge is -2.37. The minimum absolute atomic E-state index is 0.0462. The normalized spacial score (nSPS) is 21.2. The number of benzene rings is 1. The van der Waals surface area contributed by atoms with Gasteiger partial charge in [0.25, 0.3) is 10.1 Å². The molecular formula is C30H48N2O9S. The Morgan fingerprint density at radius 1 is 1.02 bits per heavy atom. The molecule has 3 atom stereocenters. The number of amides is 1. The molecule has 1 aliphatic heterocycles. The SMILES string of the molecule is COc1ccc(CCO[C@H]2CCCC[C@H]2N2CC[C@@H](OC(=O)CCCCCC(=O)N(C)CCS(=O)(=O)O)C2)cc1OC. The highest BCUT2D eigenvalue weighted by Crippen LogP contribution is 2.30. The van der Waals surface area contributed by atoms with E-state index in [9.17, 15) is 18.0 Å². The van der Waals surface area contributed by atoms with Crippen LogP contribution < -0.4 is 9.47 Å². The number of rotatable bonds is 17. The molecule has 0 aromatic heterocycles. The summed E-state index contributed by atoms with van der Waals surface area (Å²) in [4.78, 5) is 28.3. The van der Waals surface area contributed by atoms with E-state index in [1.165, 1.54) is 18.4 Å². The largest absolute Gasteiger partial charge is 0.493 e. The van der Waals surface area contributed by atoms with Crippen LogP contribution >= 0.6 is 0 Å². The zero-order valence-corrected chi connectivity index (χ0v) is 26.1. The fraction of sp³-hybridized carbons (Fsp3) is 0.733. The lowest BCUT2D eigenvalue weighted by atomic mass is 9.91. The third-order valence-corrected chi connectivity index (χ3v) is 8.86. The van der Waals surface area contributed by atoms with E-state index < -0.39 is 15.9 Å². The first-order valence-corrected chi connectivity index (χ1v) is 16.7. The fourth-order valence-electron chi connectivity index (χ4n) is 5.74. The number of unbranched alkanes of at least 4 members (excludes halogenated alkanes) is 2. The van der Waals surface area contributed by atoms with Gasteiger partial charge < -0.3 is 23.8 Å². The minimum Gasteiger partial charge on any atom is -0.493 e. The molecule has 42 heavy (non-hydrogen) atoms. The van der Waals surface area contributed by atoms with Crippen LogP contribution in [0, 0.1) is 0 Å². The van der Waals surface area contributed by atoms with E-state index in [4.69, 9.17) is 23.5 Å². The van der Waals surface area contributed by atoms with Crippen molar-refractivity contribution in [2.24, 2.45) is 0 Å². The van der Waals surface area contributed by atoms with E-state index in [1.807, 2.05) is 18.2 Å². The summed E-state index contributed by atoms with van der Waals surface area (Å²) < 4.78 is 53.4. The maximum Gasteiger partial charge on any atom is 0.306 e. The highest BCUT2D eigenvalue weighted by Gasteiger charge is 2.36. The molecule has 1 aliphatic carbocycles. The number of esters is 1. The summed E-state index contributed by atoms with van der Waals surface area (Å²) in [7, 11) is 0.685. The standard InChI is InChI=1S/C30H48N2O9S/c1-31(18-20-42(35,36)37)29(33)11-5-4-6-12-30(34)41-24-15-17-32(22-24)25-9-7-8-10-26(25)40-19-16-23-13-14-27(38-2)28(21-23)39-3/h13-14,21,24-26H,4-12,15-20,22H2,1-3H3,(H,35,36,37)/t24-,25-,26+/m1/s1. The summed E-state index contributed by atoms with van der Waals surface area (Å²) >= 11 is 0. The quantitative estimate of drug-likeness (QED) is 0.158. The van der Waals surface area contributed by atoms with E-state index in [-0.39, 0.29) is 37.0 Å². The molecule has 0 unspecified atom stereocenters. The molecule has 1 heterocycles. The molecule has 0 spiro atoms. The van der Waals surface area contributed by atoms with Crippen molar-refractivity contribution in [3.8, 4) is 11.5 Å². The number of hydrogen-bond acceptors (Lipinski definition) is 9. The van der Waals surface area contributed by atoms with Crippen LogP contribution in [0.1, 0.15) is 69.8 Å². The monoisotopic (exact) mass is 612 g/mol. The molecule has 1 N–H and O–H groups in total. The molecule has 0 radical (unpaired) electrons. The number of methoxy groups -OCH3 is 2. The van der Waals surface area contributed by atoms with Crippen molar-refractivity contribution < 1.29 is 41.5 Å². The second-order valence-corrected chi connectivity index (χ2v) is 12.8. The van der Waals surface area contributed by atoms with E-state index in [1.54, 1.807) is 14.2 Å². The van der Waals surface area contributed by atoms with Crippen LogP contribution in [-0.2, 0) is 35.6 Å². The highest BCUT2D eigenvalue weighted by molar-refractivity contribution is 7.85. The maximum atomic E-state index is 12.5. The number of likely N-dealkylation sites (tertiary alicyclic amines) is 1. The zero-order chi connectivity index (χ0) is 30.5. The van der Waals surface area contributed by atoms with Gasteiger partial charge in [0.15, 0.2) is 11.5 Å². The lowest BCUT2D eigenvalue weighted by molar-refractivity contribution is -0.148. The van der Waals surface area contributed by atoms with E-state index in [2.05, 4.69) is 4.90 Å². The molecule has 12 heteroatoms. The van der Waals surface area contributed by atoms with Gasteiger partial charge in [-0.25, -0.2) is 0 Å². The maximum absolute atomic E-state index is 12.5. The Bertz CT molecular complexity index is 1110. The van der Waals surface area contributed by atoms with Gasteiger partial charge in [0.1, 0.15) is 6.10 Å². The van der Waals surface area contributed by atoms with Crippen LogP contribution in [0.4, 0.5) is 0 Å². The van der Waals surface area contributed by atoms with Gasteiger partial charge in [0.2, 0.25) is 5.91 Å². The zero-order valence-electron chi connectivity index (χ0n) is 25.3.